The van der Waals surface area contributed by atoms with Crippen LogP contribution in [0.25, 0.3) is 0 Å². The van der Waals surface area contributed by atoms with Crippen molar-refractivity contribution in [3.63, 3.8) is 0 Å². The van der Waals surface area contributed by atoms with Gasteiger partial charge in [0.1, 0.15) is 18.5 Å². The average Bonchev–Trinajstić information content (AvgIpc) is 3.46. The maximum absolute atomic E-state index is 11.6. The predicted molar refractivity (Wildman–Crippen MR) is 296 cm³/mol. The maximum Gasteiger partial charge on any atom is 0.308 e. The highest BCUT2D eigenvalue weighted by atomic mass is 16.6. The molecule has 27 heteroatoms. The third kappa shape index (κ3) is 76.2. The van der Waals surface area contributed by atoms with Crippen molar-refractivity contribution in [3.05, 3.63) is 0 Å². The fourth-order valence-corrected chi connectivity index (χ4v) is 5.74. The zero-order valence-corrected chi connectivity index (χ0v) is 50.2. The Morgan fingerprint density at radius 2 is 0.341 bits per heavy atom. The van der Waals surface area contributed by atoms with E-state index in [1.165, 1.54) is 0 Å². The Hall–Kier alpha value is -1.82. The van der Waals surface area contributed by atoms with Crippen molar-refractivity contribution in [1.82, 2.24) is 0 Å². The van der Waals surface area contributed by atoms with Gasteiger partial charge in [0.25, 0.3) is 0 Å². The smallest absolute Gasteiger partial charge is 0.308 e. The molecule has 0 bridgehead atoms. The molecule has 0 radical (unpaired) electrons. The first-order valence-electron chi connectivity index (χ1n) is 29.0. The van der Waals surface area contributed by atoms with E-state index in [0.717, 1.165) is 0 Å². The number of aldehydes is 1. The summed E-state index contributed by atoms with van der Waals surface area (Å²) in [6.45, 7) is 27.7. The van der Waals surface area contributed by atoms with Crippen LogP contribution in [0.15, 0.2) is 0 Å². The number of ether oxygens (including phenoxy) is 25. The van der Waals surface area contributed by atoms with E-state index in [-0.39, 0.29) is 19.0 Å². The van der Waals surface area contributed by atoms with Crippen LogP contribution in [0.3, 0.4) is 0 Å². The lowest BCUT2D eigenvalue weighted by Crippen LogP contribution is -2.24. The summed E-state index contributed by atoms with van der Waals surface area (Å²) in [7, 11) is 0. The number of carbonyl (C=O) groups excluding carboxylic acids is 2. The van der Waals surface area contributed by atoms with Crippen LogP contribution in [0.2, 0.25) is 0 Å². The van der Waals surface area contributed by atoms with Crippen LogP contribution >= 0.6 is 0 Å². The molecule has 0 aromatic rings. The Morgan fingerprint density at radius 1 is 0.220 bits per heavy atom. The monoisotopic (exact) mass is 1200 g/mol. The summed E-state index contributed by atoms with van der Waals surface area (Å²) in [4.78, 5) is 21.7. The largest absolute Gasteiger partial charge is 0.460 e. The van der Waals surface area contributed by atoms with Crippen LogP contribution in [0, 0.1) is 0 Å². The molecule has 0 rings (SSSR count). The Kier molecular flexibility index (Phi) is 70.1. The van der Waals surface area contributed by atoms with Crippen molar-refractivity contribution >= 4 is 12.3 Å². The van der Waals surface area contributed by atoms with Crippen LogP contribution < -0.4 is 0 Å². The zero-order chi connectivity index (χ0) is 59.1. The maximum atomic E-state index is 11.6. The van der Waals surface area contributed by atoms with E-state index in [1.54, 1.807) is 0 Å². The molecule has 0 saturated heterocycles. The topological polar surface area (TPSA) is 265 Å². The standard InChI is InChI=1S/C55H108O27/c1-55(2,3)82-54(57)4-6-58-8-10-60-12-14-62-16-18-64-20-22-66-24-26-68-28-30-70-32-34-72-36-38-74-40-42-76-44-46-78-48-50-80-52-53-81-51-49-79-47-45-77-43-41-75-39-37-73-35-33-71-31-29-69-27-25-67-23-21-65-19-17-63-15-13-61-11-9-59-7-5-56/h5H,4,6-53H2,1-3H3. The predicted octanol–water partition coefficient (Wildman–Crippen LogP) is 1.32. The Balaban J connectivity index is 3.10. The number of carbonyl (C=O) groups is 2. The fraction of sp³-hybridized carbons (Fsp3) is 0.964. The van der Waals surface area contributed by atoms with Gasteiger partial charge in [-0.05, 0) is 20.8 Å². The zero-order valence-electron chi connectivity index (χ0n) is 50.2. The van der Waals surface area contributed by atoms with Crippen LogP contribution in [0.5, 0.6) is 0 Å². The van der Waals surface area contributed by atoms with Gasteiger partial charge in [-0.25, -0.2) is 0 Å². The Morgan fingerprint density at radius 3 is 0.463 bits per heavy atom. The molecular weight excluding hydrogens is 1090 g/mol. The lowest BCUT2D eigenvalue weighted by molar-refractivity contribution is -0.156. The molecule has 27 nitrogen and oxygen atoms in total. The summed E-state index contributed by atoms with van der Waals surface area (Å²) in [5, 5.41) is 0. The first-order chi connectivity index (χ1) is 40.5. The molecule has 0 unspecified atom stereocenters. The fourth-order valence-electron chi connectivity index (χ4n) is 5.74. The van der Waals surface area contributed by atoms with Gasteiger partial charge in [-0.2, -0.15) is 0 Å². The van der Waals surface area contributed by atoms with Gasteiger partial charge in [0.05, 0.1) is 317 Å². The van der Waals surface area contributed by atoms with Crippen molar-refractivity contribution in [1.29, 1.82) is 0 Å². The number of hydrogen-bond donors (Lipinski definition) is 0. The number of hydrogen-bond acceptors (Lipinski definition) is 27. The first kappa shape index (κ1) is 80.2. The summed E-state index contributed by atoms with van der Waals surface area (Å²) in [6, 6.07) is 0. The van der Waals surface area contributed by atoms with Gasteiger partial charge in [0.15, 0.2) is 0 Å². The molecule has 0 saturated carbocycles. The van der Waals surface area contributed by atoms with Crippen LogP contribution in [0.1, 0.15) is 27.2 Å². The van der Waals surface area contributed by atoms with Crippen molar-refractivity contribution in [2.24, 2.45) is 0 Å². The Labute approximate surface area is 489 Å². The molecule has 0 amide bonds. The summed E-state index contributed by atoms with van der Waals surface area (Å²) >= 11 is 0. The minimum Gasteiger partial charge on any atom is -0.460 e. The molecule has 0 aromatic heterocycles. The van der Waals surface area contributed by atoms with Crippen LogP contribution in [-0.2, 0) is 128 Å². The van der Waals surface area contributed by atoms with E-state index in [4.69, 9.17) is 118 Å². The van der Waals surface area contributed by atoms with Gasteiger partial charge < -0.3 is 123 Å². The summed E-state index contributed by atoms with van der Waals surface area (Å²) in [5.41, 5.74) is -0.484. The van der Waals surface area contributed by atoms with E-state index < -0.39 is 5.60 Å². The summed E-state index contributed by atoms with van der Waals surface area (Å²) in [6.07, 6.45) is 0.931. The SMILES string of the molecule is CC(C)(C)OC(=O)CCOCCOCCOCCOCCOCCOCCOCCOCCOCCOCCOCCOCCOCCOCCOCCOCCOCCOCCOCCOCCOCCOCCOCCOCC=O. The minimum atomic E-state index is -0.484. The van der Waals surface area contributed by atoms with E-state index in [1.807, 2.05) is 20.8 Å². The Bertz CT molecular complexity index is 1210. The van der Waals surface area contributed by atoms with E-state index in [2.05, 4.69) is 0 Å². The second-order valence-corrected chi connectivity index (χ2v) is 17.7. The number of rotatable bonds is 74. The van der Waals surface area contributed by atoms with E-state index in [9.17, 15) is 9.59 Å². The lowest BCUT2D eigenvalue weighted by Gasteiger charge is -2.19. The molecule has 0 aliphatic heterocycles. The lowest BCUT2D eigenvalue weighted by atomic mass is 10.2. The van der Waals surface area contributed by atoms with Crippen molar-refractivity contribution in [2.75, 3.05) is 317 Å². The highest BCUT2D eigenvalue weighted by Gasteiger charge is 2.15. The highest BCUT2D eigenvalue weighted by molar-refractivity contribution is 5.69. The third-order valence-corrected chi connectivity index (χ3v) is 9.61. The van der Waals surface area contributed by atoms with E-state index in [0.29, 0.717) is 317 Å². The van der Waals surface area contributed by atoms with Gasteiger partial charge in [0, 0.05) is 0 Å². The molecule has 0 spiro atoms. The molecule has 0 N–H and O–H groups in total. The molecule has 82 heavy (non-hydrogen) atoms. The van der Waals surface area contributed by atoms with Crippen molar-refractivity contribution in [2.45, 2.75) is 32.8 Å². The second kappa shape index (κ2) is 71.7. The molecule has 0 fully saturated rings. The van der Waals surface area contributed by atoms with Crippen molar-refractivity contribution in [3.8, 4) is 0 Å². The molecule has 0 aliphatic rings. The molecule has 0 aromatic carbocycles. The van der Waals surface area contributed by atoms with Crippen molar-refractivity contribution < 1.29 is 128 Å². The van der Waals surface area contributed by atoms with Gasteiger partial charge in [-0.15, -0.1) is 0 Å². The average molecular weight is 1200 g/mol. The molecule has 0 atom stereocenters. The molecule has 0 aliphatic carbocycles. The molecule has 490 valence electrons. The molecule has 0 heterocycles. The summed E-state index contributed by atoms with van der Waals surface area (Å²) in [5.74, 6) is -0.271. The number of esters is 1. The van der Waals surface area contributed by atoms with Gasteiger partial charge in [0.2, 0.25) is 0 Å². The highest BCUT2D eigenvalue weighted by Crippen LogP contribution is 2.08. The first-order valence-corrected chi connectivity index (χ1v) is 29.0. The van der Waals surface area contributed by atoms with Crippen LogP contribution in [-0.4, -0.2) is 335 Å². The van der Waals surface area contributed by atoms with Crippen LogP contribution in [0.4, 0.5) is 0 Å². The second-order valence-electron chi connectivity index (χ2n) is 17.7. The van der Waals surface area contributed by atoms with Gasteiger partial charge >= 0.3 is 5.97 Å². The van der Waals surface area contributed by atoms with E-state index >= 15 is 0 Å². The van der Waals surface area contributed by atoms with Gasteiger partial charge in [-0.1, -0.05) is 0 Å². The molecular formula is C55H108O27. The third-order valence-electron chi connectivity index (χ3n) is 9.61. The minimum absolute atomic E-state index is 0.0906. The summed E-state index contributed by atoms with van der Waals surface area (Å²) < 4.78 is 136. The van der Waals surface area contributed by atoms with Gasteiger partial charge in [-0.3, -0.25) is 4.79 Å². The normalized spacial score (nSPS) is 11.8. The quantitative estimate of drug-likeness (QED) is 0.0472.